The molecule has 10 amide bonds. The summed E-state index contributed by atoms with van der Waals surface area (Å²) in [6, 6.07) is 30.3. The van der Waals surface area contributed by atoms with Gasteiger partial charge in [0.1, 0.15) is 36.3 Å². The number of benzene rings is 4. The Bertz CT molecular complexity index is 3270. The average Bonchev–Trinajstić information content (AvgIpc) is 1.64. The number of fused-ring (bicyclic) bond motifs is 2. The number of carbonyl (C=O) groups excluding carboxylic acids is 10. The molecule has 0 bridgehead atoms. The molecule has 4 fully saturated rings. The predicted molar refractivity (Wildman–Crippen MR) is 380 cm³/mol. The van der Waals surface area contributed by atoms with Gasteiger partial charge in [0, 0.05) is 102 Å². The molecule has 24 heteroatoms. The van der Waals surface area contributed by atoms with Gasteiger partial charge in [0.15, 0.2) is 0 Å². The maximum Gasteiger partial charge on any atom is 0.247 e. The molecule has 24 nitrogen and oxygen atoms in total. The van der Waals surface area contributed by atoms with Gasteiger partial charge in [0.2, 0.25) is 59.1 Å². The summed E-state index contributed by atoms with van der Waals surface area (Å²) >= 11 is 0. The molecular formula is C76H100N14O10. The quantitative estimate of drug-likeness (QED) is 0.0237. The Morgan fingerprint density at radius 1 is 0.450 bits per heavy atom. The molecule has 0 saturated carbocycles. The molecule has 0 unspecified atom stereocenters. The first-order chi connectivity index (χ1) is 48.6. The highest BCUT2D eigenvalue weighted by Gasteiger charge is 2.50. The smallest absolute Gasteiger partial charge is 0.247 e. The zero-order chi connectivity index (χ0) is 71.2. The summed E-state index contributed by atoms with van der Waals surface area (Å²) in [4.78, 5) is 142. The van der Waals surface area contributed by atoms with E-state index in [2.05, 4.69) is 87.5 Å². The maximum absolute atomic E-state index is 14.7. The minimum atomic E-state index is -1.11. The summed E-state index contributed by atoms with van der Waals surface area (Å²) in [6.07, 6.45) is 6.16. The van der Waals surface area contributed by atoms with E-state index in [1.165, 1.54) is 0 Å². The van der Waals surface area contributed by atoms with E-state index in [0.29, 0.717) is 102 Å². The van der Waals surface area contributed by atoms with Gasteiger partial charge >= 0.3 is 0 Å². The number of amides is 10. The van der Waals surface area contributed by atoms with Crippen molar-refractivity contribution in [2.75, 3.05) is 53.4 Å². The van der Waals surface area contributed by atoms with Gasteiger partial charge < -0.3 is 73.6 Å². The second-order valence-electron chi connectivity index (χ2n) is 26.0. The van der Waals surface area contributed by atoms with E-state index >= 15 is 0 Å². The lowest BCUT2D eigenvalue weighted by atomic mass is 9.92. The number of carbonyl (C=O) groups is 10. The maximum atomic E-state index is 14.7. The number of hydrogen-bond acceptors (Lipinski definition) is 14. The van der Waals surface area contributed by atoms with Gasteiger partial charge in [0.05, 0.1) is 12.1 Å². The van der Waals surface area contributed by atoms with Crippen LogP contribution in [0, 0.1) is 35.5 Å². The lowest BCUT2D eigenvalue weighted by Crippen LogP contribution is -2.59. The summed E-state index contributed by atoms with van der Waals surface area (Å²) < 4.78 is 0. The largest absolute Gasteiger partial charge is 0.354 e. The summed E-state index contributed by atoms with van der Waals surface area (Å²) in [6.45, 7) is 6.23. The number of likely N-dealkylation sites (N-methyl/N-ethyl adjacent to an activating group) is 2. The van der Waals surface area contributed by atoms with Crippen LogP contribution in [-0.2, 0) is 61.0 Å². The predicted octanol–water partition coefficient (Wildman–Crippen LogP) is 2.82. The fraction of sp³-hybridized carbons (Fsp3) is 0.500. The molecule has 0 spiro atoms. The van der Waals surface area contributed by atoms with Crippen LogP contribution in [0.15, 0.2) is 121 Å². The van der Waals surface area contributed by atoms with Crippen LogP contribution in [0.4, 0.5) is 0 Å². The zero-order valence-corrected chi connectivity index (χ0v) is 58.0. The lowest BCUT2D eigenvalue weighted by Gasteiger charge is -2.33. The highest BCUT2D eigenvalue weighted by molar-refractivity contribution is 5.97. The third-order valence-electron chi connectivity index (χ3n) is 19.3. The van der Waals surface area contributed by atoms with Gasteiger partial charge in [-0.3, -0.25) is 47.9 Å². The van der Waals surface area contributed by atoms with Crippen LogP contribution in [0.3, 0.4) is 0 Å². The van der Waals surface area contributed by atoms with Crippen LogP contribution in [-0.4, -0.2) is 171 Å². The van der Waals surface area contributed by atoms with Crippen molar-refractivity contribution in [3.8, 4) is 23.7 Å². The summed E-state index contributed by atoms with van der Waals surface area (Å²) in [7, 11) is 3.41. The molecule has 4 aromatic carbocycles. The molecule has 0 radical (unpaired) electrons. The van der Waals surface area contributed by atoms with Gasteiger partial charge in [0.25, 0.3) is 0 Å². The van der Waals surface area contributed by atoms with Crippen LogP contribution < -0.4 is 63.8 Å². The van der Waals surface area contributed by atoms with Gasteiger partial charge in [-0.15, -0.1) is 0 Å². The Hall–Kier alpha value is -9.46. The molecule has 100 heavy (non-hydrogen) atoms. The Labute approximate surface area is 587 Å². The molecule has 4 aliphatic heterocycles. The second kappa shape index (κ2) is 40.0. The van der Waals surface area contributed by atoms with E-state index in [-0.39, 0.29) is 111 Å². The van der Waals surface area contributed by atoms with Crippen molar-refractivity contribution in [2.45, 2.75) is 177 Å². The zero-order valence-electron chi connectivity index (χ0n) is 58.0. The van der Waals surface area contributed by atoms with E-state index in [9.17, 15) is 47.9 Å². The molecule has 0 aliphatic carbocycles. The monoisotopic (exact) mass is 1370 g/mol. The van der Waals surface area contributed by atoms with Crippen molar-refractivity contribution in [1.29, 1.82) is 0 Å². The number of nitrogens with one attached hydrogen (secondary N) is 12. The van der Waals surface area contributed by atoms with Crippen LogP contribution >= 0.6 is 0 Å². The minimum Gasteiger partial charge on any atom is -0.354 e. The highest BCUT2D eigenvalue weighted by atomic mass is 16.2. The highest BCUT2D eigenvalue weighted by Crippen LogP contribution is 2.36. The van der Waals surface area contributed by atoms with Crippen molar-refractivity contribution in [3.63, 3.8) is 0 Å². The Kier molecular flexibility index (Phi) is 30.5. The molecule has 12 atom stereocenters. The summed E-state index contributed by atoms with van der Waals surface area (Å²) in [5, 5.41) is 36.2. The Morgan fingerprint density at radius 2 is 0.800 bits per heavy atom. The molecule has 12 N–H and O–H groups in total. The van der Waals surface area contributed by atoms with Crippen molar-refractivity contribution in [2.24, 2.45) is 11.8 Å². The fourth-order valence-electron chi connectivity index (χ4n) is 13.8. The Morgan fingerprint density at radius 3 is 1.16 bits per heavy atom. The molecule has 0 aromatic heterocycles. The van der Waals surface area contributed by atoms with Crippen molar-refractivity contribution < 1.29 is 47.9 Å². The molecule has 4 heterocycles. The SMILES string of the molecule is CC[C@H](NC)C(=O)N[C@@H]1C(=O)N2[C@@H](CC[C@@H]1CNCc1ccccc1)CC[C@H]2C(=O)N[C@H](C(=O)NCCNC(=O)CCC#CC#CCCC(=O)NCCNC(=O)[C@@H](NC(=O)[C@@H]1CC[C@@H]2CC[C@H](CNCc3ccccc3)[C@H](NC(=O)[C@H](CC)NC)C(=O)N21)c1ccccc1)c1ccccc1. The van der Waals surface area contributed by atoms with Crippen molar-refractivity contribution in [1.82, 2.24) is 73.6 Å². The van der Waals surface area contributed by atoms with E-state index in [4.69, 9.17) is 0 Å². The first-order valence-electron chi connectivity index (χ1n) is 35.5. The third-order valence-corrected chi connectivity index (χ3v) is 19.3. The standard InChI is InChI=1S/C76H100N14O10/c1-5-59(77-3)69(93)87-67-55(49-79-47-51-25-15-11-16-26-51)35-37-57-39-41-61(89(57)75(67)99)71(95)85-65(53-29-19-13-20-30-53)73(97)83-45-43-81-63(91)33-23-9-7-8-10-24-34-64(92)82-44-46-84-74(98)66(54-31-21-14-22-32-54)86-72(96)62-42-40-58-38-36-56(50-80-48-52-27-17-12-18-28-52)68(76(100)90(58)62)88-70(94)60(6-2)78-4/h11-22,25-32,55-62,65-68,77-80H,5-6,23-24,33-50H2,1-4H3,(H,81,91)(H,82,92)(H,83,97)(H,84,98)(H,85,95)(H,86,96)(H,87,93)(H,88,94)/t55-,56-,57+,58+,59+,60+,61+,62+,65+,66+,67+,68+/m1/s1. The third kappa shape index (κ3) is 22.0. The molecule has 4 saturated heterocycles. The van der Waals surface area contributed by atoms with Gasteiger partial charge in [-0.25, -0.2) is 0 Å². The van der Waals surface area contributed by atoms with Crippen molar-refractivity contribution >= 4 is 59.1 Å². The van der Waals surface area contributed by atoms with E-state index in [1.54, 1.807) is 84.6 Å². The number of rotatable bonds is 34. The van der Waals surface area contributed by atoms with E-state index < -0.39 is 72.0 Å². The fourth-order valence-corrected chi connectivity index (χ4v) is 13.8. The minimum absolute atomic E-state index is 0.0598. The summed E-state index contributed by atoms with van der Waals surface area (Å²) in [5.74, 6) is 6.87. The molecule has 534 valence electrons. The molecule has 8 rings (SSSR count). The van der Waals surface area contributed by atoms with Crippen LogP contribution in [0.5, 0.6) is 0 Å². The summed E-state index contributed by atoms with van der Waals surface area (Å²) in [5.41, 5.74) is 3.25. The average molecular weight is 1370 g/mol. The van der Waals surface area contributed by atoms with Crippen LogP contribution in [0.2, 0.25) is 0 Å². The van der Waals surface area contributed by atoms with Crippen LogP contribution in [0.1, 0.15) is 138 Å². The second-order valence-corrected chi connectivity index (χ2v) is 26.0. The van der Waals surface area contributed by atoms with E-state index in [1.807, 2.05) is 74.5 Å². The van der Waals surface area contributed by atoms with Gasteiger partial charge in [-0.05, 0) is 112 Å². The van der Waals surface area contributed by atoms with Gasteiger partial charge in [-0.1, -0.05) is 147 Å². The first kappa shape index (κ1) is 76.3. The number of hydrogen-bond donors (Lipinski definition) is 12. The van der Waals surface area contributed by atoms with Gasteiger partial charge in [-0.2, -0.15) is 0 Å². The topological polar surface area (TPSA) is 322 Å². The first-order valence-corrected chi connectivity index (χ1v) is 35.5. The van der Waals surface area contributed by atoms with E-state index in [0.717, 1.165) is 11.1 Å². The number of nitrogens with zero attached hydrogens (tertiary/aromatic N) is 2. The molecule has 4 aromatic rings. The normalized spacial score (nSPS) is 21.2. The van der Waals surface area contributed by atoms with Crippen molar-refractivity contribution in [3.05, 3.63) is 144 Å². The molecular weight excluding hydrogens is 1270 g/mol. The Balaban J connectivity index is 0.743. The molecule has 4 aliphatic rings. The van der Waals surface area contributed by atoms with Crippen LogP contribution in [0.25, 0.3) is 0 Å². The lowest BCUT2D eigenvalue weighted by molar-refractivity contribution is -0.144.